The first-order chi connectivity index (χ1) is 9.67. The van der Waals surface area contributed by atoms with E-state index in [0.29, 0.717) is 0 Å². The van der Waals surface area contributed by atoms with Gasteiger partial charge in [-0.15, -0.1) is 0 Å². The molecule has 2 aromatic carbocycles. The van der Waals surface area contributed by atoms with Crippen LogP contribution >= 0.6 is 0 Å². The number of hydrogen-bond acceptors (Lipinski definition) is 2. The lowest BCUT2D eigenvalue weighted by Crippen LogP contribution is -1.83. The van der Waals surface area contributed by atoms with E-state index in [1.54, 1.807) is 0 Å². The number of rotatable bonds is 4. The zero-order chi connectivity index (χ0) is 14.4. The van der Waals surface area contributed by atoms with Crippen LogP contribution in [0.2, 0.25) is 0 Å². The number of aryl methyl sites for hydroxylation is 1. The lowest BCUT2D eigenvalue weighted by atomic mass is 10.1. The summed E-state index contributed by atoms with van der Waals surface area (Å²) in [6.45, 7) is 6.14. The van der Waals surface area contributed by atoms with Gasteiger partial charge in [0.25, 0.3) is 0 Å². The fourth-order valence-corrected chi connectivity index (χ4v) is 1.86. The van der Waals surface area contributed by atoms with E-state index in [9.17, 15) is 0 Å². The predicted molar refractivity (Wildman–Crippen MR) is 88.0 cm³/mol. The molecule has 0 spiro atoms. The second kappa shape index (κ2) is 6.80. The minimum absolute atomic E-state index is 0.942. The van der Waals surface area contributed by atoms with Crippen molar-refractivity contribution in [2.45, 2.75) is 27.2 Å². The van der Waals surface area contributed by atoms with Crippen molar-refractivity contribution >= 4 is 23.3 Å². The molecule has 20 heavy (non-hydrogen) atoms. The summed E-state index contributed by atoms with van der Waals surface area (Å²) in [5.41, 5.74) is 5.43. The van der Waals surface area contributed by atoms with Gasteiger partial charge in [-0.25, -0.2) is 0 Å². The first kappa shape index (κ1) is 14.2. The molecule has 0 radical (unpaired) electrons. The molecule has 0 amide bonds. The number of nitrogens with zero attached hydrogens (tertiary/aromatic N) is 2. The van der Waals surface area contributed by atoms with E-state index in [1.165, 1.54) is 5.56 Å². The van der Waals surface area contributed by atoms with Crippen molar-refractivity contribution in [1.29, 1.82) is 0 Å². The third kappa shape index (κ3) is 4.16. The van der Waals surface area contributed by atoms with Gasteiger partial charge in [0.05, 0.1) is 11.4 Å². The highest BCUT2D eigenvalue weighted by Gasteiger charge is 1.93. The second-order valence-electron chi connectivity index (χ2n) is 4.93. The van der Waals surface area contributed by atoms with E-state index >= 15 is 0 Å². The zero-order valence-corrected chi connectivity index (χ0v) is 12.3. The molecule has 0 aliphatic heterocycles. The standard InChI is InChI=1S/C18H20N2/c1-4-15-5-7-16(8-6-15)13-19-17-9-11-18(12-10-17)20-14(2)3/h5-13H,4H2,1-3H3. The number of aliphatic imine (C=N–C) groups is 2. The SMILES string of the molecule is CCc1ccc(C=Nc2ccc(N=C(C)C)cc2)cc1. The van der Waals surface area contributed by atoms with Crippen LogP contribution in [0.15, 0.2) is 58.5 Å². The molecule has 0 heterocycles. The summed E-state index contributed by atoms with van der Waals surface area (Å²) in [6, 6.07) is 16.4. The fourth-order valence-electron chi connectivity index (χ4n) is 1.86. The lowest BCUT2D eigenvalue weighted by molar-refractivity contribution is 1.14. The summed E-state index contributed by atoms with van der Waals surface area (Å²) >= 11 is 0. The van der Waals surface area contributed by atoms with Crippen molar-refractivity contribution in [2.24, 2.45) is 9.98 Å². The number of hydrogen-bond donors (Lipinski definition) is 0. The van der Waals surface area contributed by atoms with Gasteiger partial charge in [0.15, 0.2) is 0 Å². The van der Waals surface area contributed by atoms with Crippen LogP contribution in [-0.2, 0) is 6.42 Å². The van der Waals surface area contributed by atoms with Crippen LogP contribution in [0.3, 0.4) is 0 Å². The van der Waals surface area contributed by atoms with E-state index in [0.717, 1.165) is 29.1 Å². The fraction of sp³-hybridized carbons (Fsp3) is 0.222. The normalized spacial score (nSPS) is 10.8. The average Bonchev–Trinajstić information content (AvgIpc) is 2.46. The molecule has 0 N–H and O–H groups in total. The molecule has 0 saturated heterocycles. The zero-order valence-electron chi connectivity index (χ0n) is 12.3. The molecular weight excluding hydrogens is 244 g/mol. The Labute approximate surface area is 120 Å². The Balaban J connectivity index is 2.08. The molecule has 0 aromatic heterocycles. The Bertz CT molecular complexity index is 601. The van der Waals surface area contributed by atoms with E-state index < -0.39 is 0 Å². The van der Waals surface area contributed by atoms with Gasteiger partial charge in [-0.2, -0.15) is 0 Å². The largest absolute Gasteiger partial charge is 0.258 e. The first-order valence-corrected chi connectivity index (χ1v) is 6.92. The van der Waals surface area contributed by atoms with Gasteiger partial charge in [0.2, 0.25) is 0 Å². The minimum Gasteiger partial charge on any atom is -0.258 e. The predicted octanol–water partition coefficient (Wildman–Crippen LogP) is 5.11. The summed E-state index contributed by atoms with van der Waals surface area (Å²) < 4.78 is 0. The van der Waals surface area contributed by atoms with Crippen LogP contribution in [0, 0.1) is 0 Å². The Kier molecular flexibility index (Phi) is 4.83. The highest BCUT2D eigenvalue weighted by atomic mass is 14.7. The Morgan fingerprint density at radius 3 is 2.05 bits per heavy atom. The van der Waals surface area contributed by atoms with Crippen molar-refractivity contribution in [2.75, 3.05) is 0 Å². The highest BCUT2D eigenvalue weighted by molar-refractivity contribution is 5.83. The van der Waals surface area contributed by atoms with Gasteiger partial charge in [-0.3, -0.25) is 9.98 Å². The van der Waals surface area contributed by atoms with Crippen molar-refractivity contribution in [3.05, 3.63) is 59.7 Å². The molecule has 0 aliphatic rings. The lowest BCUT2D eigenvalue weighted by Gasteiger charge is -1.98. The smallest absolute Gasteiger partial charge is 0.0631 e. The van der Waals surface area contributed by atoms with Crippen LogP contribution in [0.1, 0.15) is 31.9 Å². The Morgan fingerprint density at radius 2 is 1.50 bits per heavy atom. The molecule has 102 valence electrons. The van der Waals surface area contributed by atoms with E-state index in [-0.39, 0.29) is 0 Å². The summed E-state index contributed by atoms with van der Waals surface area (Å²) in [5, 5.41) is 0. The minimum atomic E-state index is 0.942. The van der Waals surface area contributed by atoms with Gasteiger partial charge in [-0.05, 0) is 55.7 Å². The maximum atomic E-state index is 4.48. The van der Waals surface area contributed by atoms with E-state index in [1.807, 2.05) is 44.3 Å². The van der Waals surface area contributed by atoms with Gasteiger partial charge < -0.3 is 0 Å². The summed E-state index contributed by atoms with van der Waals surface area (Å²) in [7, 11) is 0. The van der Waals surface area contributed by atoms with Crippen LogP contribution in [0.5, 0.6) is 0 Å². The Morgan fingerprint density at radius 1 is 0.900 bits per heavy atom. The van der Waals surface area contributed by atoms with Crippen molar-refractivity contribution in [1.82, 2.24) is 0 Å². The van der Waals surface area contributed by atoms with Crippen molar-refractivity contribution in [3.63, 3.8) is 0 Å². The van der Waals surface area contributed by atoms with Crippen LogP contribution in [0.4, 0.5) is 11.4 Å². The molecule has 0 unspecified atom stereocenters. The van der Waals surface area contributed by atoms with Gasteiger partial charge in [0.1, 0.15) is 0 Å². The maximum absolute atomic E-state index is 4.48. The van der Waals surface area contributed by atoms with Crippen LogP contribution < -0.4 is 0 Å². The molecule has 2 rings (SSSR count). The molecule has 2 heteroatoms. The second-order valence-corrected chi connectivity index (χ2v) is 4.93. The first-order valence-electron chi connectivity index (χ1n) is 6.92. The monoisotopic (exact) mass is 264 g/mol. The average molecular weight is 264 g/mol. The molecule has 0 aliphatic carbocycles. The quantitative estimate of drug-likeness (QED) is 0.685. The highest BCUT2D eigenvalue weighted by Crippen LogP contribution is 2.18. The van der Waals surface area contributed by atoms with Crippen molar-refractivity contribution in [3.8, 4) is 0 Å². The molecular formula is C18H20N2. The van der Waals surface area contributed by atoms with Crippen molar-refractivity contribution < 1.29 is 0 Å². The molecule has 0 saturated carbocycles. The number of benzene rings is 2. The molecule has 2 aromatic rings. The third-order valence-electron chi connectivity index (χ3n) is 2.95. The van der Waals surface area contributed by atoms with Gasteiger partial charge in [-0.1, -0.05) is 31.2 Å². The van der Waals surface area contributed by atoms with E-state index in [2.05, 4.69) is 41.2 Å². The maximum Gasteiger partial charge on any atom is 0.0631 e. The van der Waals surface area contributed by atoms with Gasteiger partial charge in [0, 0.05) is 11.9 Å². The van der Waals surface area contributed by atoms with Crippen LogP contribution in [-0.4, -0.2) is 11.9 Å². The molecule has 0 fully saturated rings. The summed E-state index contributed by atoms with van der Waals surface area (Å²) in [5.74, 6) is 0. The summed E-state index contributed by atoms with van der Waals surface area (Å²) in [4.78, 5) is 8.88. The molecule has 0 atom stereocenters. The molecule has 0 bridgehead atoms. The van der Waals surface area contributed by atoms with Gasteiger partial charge >= 0.3 is 0 Å². The van der Waals surface area contributed by atoms with E-state index in [4.69, 9.17) is 0 Å². The third-order valence-corrected chi connectivity index (χ3v) is 2.95. The van der Waals surface area contributed by atoms with Crippen LogP contribution in [0.25, 0.3) is 0 Å². The summed E-state index contributed by atoms with van der Waals surface area (Å²) in [6.07, 6.45) is 2.96. The molecule has 2 nitrogen and oxygen atoms in total. The Hall–Kier alpha value is -2.22. The topological polar surface area (TPSA) is 24.7 Å².